The van der Waals surface area contributed by atoms with Crippen molar-refractivity contribution in [1.82, 2.24) is 0 Å². The molecule has 1 N–H and O–H groups in total. The highest BCUT2D eigenvalue weighted by atomic mass is 35.5. The number of rotatable bonds is 2. The van der Waals surface area contributed by atoms with Crippen molar-refractivity contribution in [2.24, 2.45) is 0 Å². The molecule has 90 valence electrons. The second-order valence-corrected chi connectivity index (χ2v) is 4.42. The minimum absolute atomic E-state index is 0.622. The Bertz CT molecular complexity index is 579. The van der Waals surface area contributed by atoms with E-state index in [-0.39, 0.29) is 0 Å². The topological polar surface area (TPSA) is 12.0 Å². The van der Waals surface area contributed by atoms with E-state index in [9.17, 15) is 0 Å². The zero-order valence-electron chi connectivity index (χ0n) is 10.2. The summed E-state index contributed by atoms with van der Waals surface area (Å²) in [4.78, 5) is 0. The van der Waals surface area contributed by atoms with E-state index in [1.807, 2.05) is 55.5 Å². The fraction of sp³-hybridized carbons (Fsp3) is 0.125. The van der Waals surface area contributed by atoms with Crippen LogP contribution in [0, 0.1) is 18.8 Å². The van der Waals surface area contributed by atoms with Crippen LogP contribution < -0.4 is 5.32 Å². The van der Waals surface area contributed by atoms with Crippen LogP contribution in [0.15, 0.2) is 48.5 Å². The molecule has 0 saturated carbocycles. The molecule has 0 spiro atoms. The third-order valence-corrected chi connectivity index (χ3v) is 2.80. The molecule has 0 aliphatic rings. The first-order valence-corrected chi connectivity index (χ1v) is 6.17. The van der Waals surface area contributed by atoms with Crippen LogP contribution in [0.5, 0.6) is 0 Å². The highest BCUT2D eigenvalue weighted by Gasteiger charge is 1.96. The average molecular weight is 256 g/mol. The van der Waals surface area contributed by atoms with E-state index in [4.69, 9.17) is 11.6 Å². The molecule has 18 heavy (non-hydrogen) atoms. The smallest absolute Gasteiger partial charge is 0.0769 e. The lowest BCUT2D eigenvalue weighted by Crippen LogP contribution is -2.00. The van der Waals surface area contributed by atoms with Crippen LogP contribution in [-0.4, -0.2) is 6.54 Å². The Kier molecular flexibility index (Phi) is 4.28. The van der Waals surface area contributed by atoms with E-state index in [0.29, 0.717) is 6.54 Å². The van der Waals surface area contributed by atoms with Gasteiger partial charge in [-0.05, 0) is 42.8 Å². The van der Waals surface area contributed by atoms with Crippen molar-refractivity contribution in [3.8, 4) is 11.8 Å². The number of aryl methyl sites for hydroxylation is 1. The molecule has 0 bridgehead atoms. The molecule has 0 amide bonds. The first-order chi connectivity index (χ1) is 8.75. The molecule has 0 heterocycles. The Morgan fingerprint density at radius 3 is 2.61 bits per heavy atom. The van der Waals surface area contributed by atoms with Gasteiger partial charge in [0.1, 0.15) is 0 Å². The molecule has 0 radical (unpaired) electrons. The maximum Gasteiger partial charge on any atom is 0.0769 e. The molecular formula is C16H14ClN. The molecular weight excluding hydrogens is 242 g/mol. The van der Waals surface area contributed by atoms with Crippen molar-refractivity contribution in [3.63, 3.8) is 0 Å². The predicted molar refractivity (Wildman–Crippen MR) is 78.0 cm³/mol. The van der Waals surface area contributed by atoms with E-state index in [1.165, 1.54) is 0 Å². The minimum Gasteiger partial charge on any atom is -0.374 e. The lowest BCUT2D eigenvalue weighted by atomic mass is 10.2. The van der Waals surface area contributed by atoms with Gasteiger partial charge in [0.15, 0.2) is 0 Å². The summed E-state index contributed by atoms with van der Waals surface area (Å²) < 4.78 is 0. The summed E-state index contributed by atoms with van der Waals surface area (Å²) in [5.41, 5.74) is 3.23. The van der Waals surface area contributed by atoms with Gasteiger partial charge in [0.05, 0.1) is 6.54 Å². The molecule has 0 atom stereocenters. The second-order valence-electron chi connectivity index (χ2n) is 3.98. The summed E-state index contributed by atoms with van der Waals surface area (Å²) in [6.07, 6.45) is 0. The lowest BCUT2D eigenvalue weighted by Gasteiger charge is -2.06. The van der Waals surface area contributed by atoms with Crippen LogP contribution in [0.2, 0.25) is 5.02 Å². The fourth-order valence-corrected chi connectivity index (χ4v) is 1.86. The minimum atomic E-state index is 0.622. The number of halogens is 1. The van der Waals surface area contributed by atoms with Gasteiger partial charge in [0.2, 0.25) is 0 Å². The van der Waals surface area contributed by atoms with E-state index in [1.54, 1.807) is 0 Å². The summed E-state index contributed by atoms with van der Waals surface area (Å²) >= 11 is 5.90. The molecule has 1 nitrogen and oxygen atoms in total. The van der Waals surface area contributed by atoms with Crippen molar-refractivity contribution in [2.75, 3.05) is 11.9 Å². The Hall–Kier alpha value is -1.91. The summed E-state index contributed by atoms with van der Waals surface area (Å²) in [5.74, 6) is 6.21. The monoisotopic (exact) mass is 255 g/mol. The van der Waals surface area contributed by atoms with Crippen molar-refractivity contribution >= 4 is 17.3 Å². The number of hydrogen-bond acceptors (Lipinski definition) is 1. The summed E-state index contributed by atoms with van der Waals surface area (Å²) in [5, 5.41) is 4.04. The van der Waals surface area contributed by atoms with Gasteiger partial charge in [0, 0.05) is 16.3 Å². The first kappa shape index (κ1) is 12.5. The highest BCUT2D eigenvalue weighted by molar-refractivity contribution is 6.30. The number of benzene rings is 2. The van der Waals surface area contributed by atoms with Crippen molar-refractivity contribution < 1.29 is 0 Å². The normalized spacial score (nSPS) is 9.44. The fourth-order valence-electron chi connectivity index (χ4n) is 1.63. The molecule has 2 heteroatoms. The summed E-state index contributed by atoms with van der Waals surface area (Å²) in [6, 6.07) is 15.8. The van der Waals surface area contributed by atoms with Crippen LogP contribution in [-0.2, 0) is 0 Å². The third kappa shape index (κ3) is 3.55. The Morgan fingerprint density at radius 2 is 1.89 bits per heavy atom. The number of anilines is 1. The molecule has 2 aromatic rings. The zero-order valence-corrected chi connectivity index (χ0v) is 11.0. The molecule has 0 saturated heterocycles. The third-order valence-electron chi connectivity index (χ3n) is 2.56. The quantitative estimate of drug-likeness (QED) is 0.797. The molecule has 2 aromatic carbocycles. The second kappa shape index (κ2) is 6.14. The van der Waals surface area contributed by atoms with Crippen LogP contribution in [0.25, 0.3) is 0 Å². The van der Waals surface area contributed by atoms with Gasteiger partial charge >= 0.3 is 0 Å². The average Bonchev–Trinajstić information content (AvgIpc) is 2.38. The van der Waals surface area contributed by atoms with Gasteiger partial charge in [-0.3, -0.25) is 0 Å². The van der Waals surface area contributed by atoms with Crippen LogP contribution >= 0.6 is 11.6 Å². The standard InChI is InChI=1S/C16H14ClN/c1-13-12-15(17)9-10-16(13)18-11-5-8-14-6-3-2-4-7-14/h2-4,6-7,9-10,12,18H,11H2,1H3. The molecule has 0 unspecified atom stereocenters. The Morgan fingerprint density at radius 1 is 1.11 bits per heavy atom. The maximum atomic E-state index is 5.90. The van der Waals surface area contributed by atoms with Gasteiger partial charge in [-0.2, -0.15) is 0 Å². The number of hydrogen-bond donors (Lipinski definition) is 1. The SMILES string of the molecule is Cc1cc(Cl)ccc1NCC#Cc1ccccc1. The summed E-state index contributed by atoms with van der Waals surface area (Å²) in [6.45, 7) is 2.65. The van der Waals surface area contributed by atoms with E-state index in [2.05, 4.69) is 17.2 Å². The van der Waals surface area contributed by atoms with Crippen molar-refractivity contribution in [1.29, 1.82) is 0 Å². The molecule has 2 rings (SSSR count). The van der Waals surface area contributed by atoms with Gasteiger partial charge in [-0.25, -0.2) is 0 Å². The van der Waals surface area contributed by atoms with Crippen molar-refractivity contribution in [3.05, 3.63) is 64.7 Å². The maximum absolute atomic E-state index is 5.90. The molecule has 0 aliphatic carbocycles. The summed E-state index contributed by atoms with van der Waals surface area (Å²) in [7, 11) is 0. The van der Waals surface area contributed by atoms with E-state index in [0.717, 1.165) is 21.8 Å². The van der Waals surface area contributed by atoms with Gasteiger partial charge in [-0.15, -0.1) is 0 Å². The van der Waals surface area contributed by atoms with Gasteiger partial charge in [0.25, 0.3) is 0 Å². The largest absolute Gasteiger partial charge is 0.374 e. The first-order valence-electron chi connectivity index (χ1n) is 5.79. The Labute approximate surface area is 113 Å². The van der Waals surface area contributed by atoms with Crippen LogP contribution in [0.3, 0.4) is 0 Å². The van der Waals surface area contributed by atoms with E-state index < -0.39 is 0 Å². The van der Waals surface area contributed by atoms with Gasteiger partial charge < -0.3 is 5.32 Å². The molecule has 0 aliphatic heterocycles. The number of nitrogens with one attached hydrogen (secondary N) is 1. The van der Waals surface area contributed by atoms with Gasteiger partial charge in [-0.1, -0.05) is 41.6 Å². The Balaban J connectivity index is 1.95. The zero-order chi connectivity index (χ0) is 12.8. The highest BCUT2D eigenvalue weighted by Crippen LogP contribution is 2.18. The molecule has 0 aromatic heterocycles. The predicted octanol–water partition coefficient (Wildman–Crippen LogP) is 4.11. The van der Waals surface area contributed by atoms with Crippen molar-refractivity contribution in [2.45, 2.75) is 6.92 Å². The lowest BCUT2D eigenvalue weighted by molar-refractivity contribution is 1.33. The van der Waals surface area contributed by atoms with E-state index >= 15 is 0 Å². The van der Waals surface area contributed by atoms with Crippen LogP contribution in [0.1, 0.15) is 11.1 Å². The molecule has 0 fully saturated rings. The van der Waals surface area contributed by atoms with Crippen LogP contribution in [0.4, 0.5) is 5.69 Å².